The number of hydrogen-bond donors (Lipinski definition) is 1. The third-order valence-electron chi connectivity index (χ3n) is 3.67. The van der Waals surface area contributed by atoms with Crippen molar-refractivity contribution in [2.45, 2.75) is 36.8 Å². The fourth-order valence-corrected chi connectivity index (χ4v) is 5.46. The lowest BCUT2D eigenvalue weighted by Gasteiger charge is -2.11. The van der Waals surface area contributed by atoms with E-state index in [1.54, 1.807) is 25.2 Å². The number of para-hydroxylation sites is 1. The third kappa shape index (κ3) is 4.66. The van der Waals surface area contributed by atoms with E-state index in [2.05, 4.69) is 15.3 Å². The van der Waals surface area contributed by atoms with Crippen LogP contribution in [0, 0.1) is 6.92 Å². The van der Waals surface area contributed by atoms with Crippen molar-refractivity contribution < 1.29 is 14.3 Å². The Kier molecular flexibility index (Phi) is 6.46. The molecular weight excluding hydrogens is 402 g/mol. The van der Waals surface area contributed by atoms with Crippen LogP contribution in [-0.2, 0) is 9.53 Å². The van der Waals surface area contributed by atoms with Gasteiger partial charge in [-0.3, -0.25) is 4.79 Å². The highest BCUT2D eigenvalue weighted by Crippen LogP contribution is 2.34. The Labute approximate surface area is 169 Å². The van der Waals surface area contributed by atoms with E-state index in [-0.39, 0.29) is 11.2 Å². The molecule has 1 aromatic carbocycles. The van der Waals surface area contributed by atoms with Gasteiger partial charge in [0, 0.05) is 0 Å². The molecule has 1 atom stereocenters. The van der Waals surface area contributed by atoms with Crippen LogP contribution in [0.15, 0.2) is 28.6 Å². The smallest absolute Gasteiger partial charge is 0.350 e. The van der Waals surface area contributed by atoms with Crippen LogP contribution in [0.5, 0.6) is 0 Å². The Morgan fingerprint density at radius 1 is 1.22 bits per heavy atom. The number of ether oxygens (including phenoxy) is 1. The number of hydrogen-bond acceptors (Lipinski definition) is 8. The second-order valence-electron chi connectivity index (χ2n) is 5.61. The lowest BCUT2D eigenvalue weighted by Crippen LogP contribution is -2.24. The highest BCUT2D eigenvalue weighted by molar-refractivity contribution is 8.02. The number of aryl methyl sites for hydroxylation is 1. The molecule has 1 amide bonds. The minimum Gasteiger partial charge on any atom is -0.462 e. The zero-order chi connectivity index (χ0) is 19.4. The predicted molar refractivity (Wildman–Crippen MR) is 111 cm³/mol. The number of aromatic nitrogens is 2. The first-order chi connectivity index (χ1) is 13.0. The SMILES string of the molecule is CCOC(=O)c1sc(NC(=O)[C@H](CC)Sc2nc3ccccc3s2)nc1C. The maximum absolute atomic E-state index is 12.7. The van der Waals surface area contributed by atoms with Gasteiger partial charge in [0.1, 0.15) is 4.88 Å². The predicted octanol–water partition coefficient (Wildman–Crippen LogP) is 4.75. The molecular formula is C18H19N3O3S3. The lowest BCUT2D eigenvalue weighted by molar-refractivity contribution is -0.115. The van der Waals surface area contributed by atoms with E-state index < -0.39 is 5.97 Å². The molecule has 0 aliphatic carbocycles. The highest BCUT2D eigenvalue weighted by atomic mass is 32.2. The van der Waals surface area contributed by atoms with Gasteiger partial charge in [0.15, 0.2) is 9.47 Å². The van der Waals surface area contributed by atoms with Gasteiger partial charge in [-0.1, -0.05) is 42.2 Å². The molecule has 0 unspecified atom stereocenters. The molecule has 0 fully saturated rings. The molecule has 9 heteroatoms. The molecule has 0 aliphatic rings. The van der Waals surface area contributed by atoms with Crippen molar-refractivity contribution in [3.05, 3.63) is 34.8 Å². The van der Waals surface area contributed by atoms with Crippen LogP contribution < -0.4 is 5.32 Å². The zero-order valence-electron chi connectivity index (χ0n) is 15.1. The number of esters is 1. The highest BCUT2D eigenvalue weighted by Gasteiger charge is 2.23. The van der Waals surface area contributed by atoms with Crippen molar-refractivity contribution in [2.24, 2.45) is 0 Å². The van der Waals surface area contributed by atoms with Crippen molar-refractivity contribution in [2.75, 3.05) is 11.9 Å². The molecule has 0 saturated carbocycles. The number of fused-ring (bicyclic) bond motifs is 1. The van der Waals surface area contributed by atoms with Crippen LogP contribution in [-0.4, -0.2) is 33.7 Å². The number of amides is 1. The van der Waals surface area contributed by atoms with Gasteiger partial charge < -0.3 is 10.1 Å². The number of anilines is 1. The Bertz CT molecular complexity index is 934. The molecule has 2 aromatic heterocycles. The Hall–Kier alpha value is -1.97. The molecule has 2 heterocycles. The third-order valence-corrected chi connectivity index (χ3v) is 7.22. The Balaban J connectivity index is 1.70. The number of carbonyl (C=O) groups is 2. The minimum absolute atomic E-state index is 0.147. The second kappa shape index (κ2) is 8.81. The largest absolute Gasteiger partial charge is 0.462 e. The number of rotatable bonds is 7. The van der Waals surface area contributed by atoms with Crippen molar-refractivity contribution >= 4 is 61.7 Å². The van der Waals surface area contributed by atoms with Gasteiger partial charge >= 0.3 is 5.97 Å². The fraction of sp³-hybridized carbons (Fsp3) is 0.333. The molecule has 3 aromatic rings. The summed E-state index contributed by atoms with van der Waals surface area (Å²) in [6.07, 6.45) is 0.654. The summed E-state index contributed by atoms with van der Waals surface area (Å²) in [5.41, 5.74) is 1.50. The average molecular weight is 422 g/mol. The van der Waals surface area contributed by atoms with Crippen molar-refractivity contribution in [3.63, 3.8) is 0 Å². The molecule has 0 saturated heterocycles. The van der Waals surface area contributed by atoms with Crippen molar-refractivity contribution in [1.82, 2.24) is 9.97 Å². The van der Waals surface area contributed by atoms with E-state index in [1.165, 1.54) is 11.8 Å². The summed E-state index contributed by atoms with van der Waals surface area (Å²) in [4.78, 5) is 33.9. The molecule has 3 rings (SSSR count). The van der Waals surface area contributed by atoms with Crippen LogP contribution in [0.25, 0.3) is 10.2 Å². The number of thioether (sulfide) groups is 1. The van der Waals surface area contributed by atoms with E-state index in [0.29, 0.717) is 28.7 Å². The summed E-state index contributed by atoms with van der Waals surface area (Å²) in [7, 11) is 0. The number of nitrogens with zero attached hydrogens (tertiary/aromatic N) is 2. The first-order valence-corrected chi connectivity index (χ1v) is 11.0. The lowest BCUT2D eigenvalue weighted by atomic mass is 10.3. The van der Waals surface area contributed by atoms with E-state index >= 15 is 0 Å². The summed E-state index contributed by atoms with van der Waals surface area (Å²) < 4.78 is 6.97. The van der Waals surface area contributed by atoms with E-state index in [0.717, 1.165) is 25.9 Å². The van der Waals surface area contributed by atoms with E-state index in [9.17, 15) is 9.59 Å². The summed E-state index contributed by atoms with van der Waals surface area (Å²) >= 11 is 4.16. The first kappa shape index (κ1) is 19.8. The topological polar surface area (TPSA) is 81.2 Å². The first-order valence-electron chi connectivity index (χ1n) is 8.49. The summed E-state index contributed by atoms with van der Waals surface area (Å²) in [5, 5.41) is 2.94. The molecule has 27 heavy (non-hydrogen) atoms. The summed E-state index contributed by atoms with van der Waals surface area (Å²) in [6, 6.07) is 7.91. The second-order valence-corrected chi connectivity index (χ2v) is 9.09. The minimum atomic E-state index is -0.413. The van der Waals surface area contributed by atoms with Gasteiger partial charge in [0.05, 0.1) is 27.8 Å². The summed E-state index contributed by atoms with van der Waals surface area (Å²) in [6.45, 7) is 5.74. The number of thiazole rings is 2. The maximum Gasteiger partial charge on any atom is 0.350 e. The molecule has 0 aliphatic heterocycles. The maximum atomic E-state index is 12.7. The normalized spacial score (nSPS) is 12.1. The monoisotopic (exact) mass is 421 g/mol. The molecule has 0 spiro atoms. The zero-order valence-corrected chi connectivity index (χ0v) is 17.6. The van der Waals surface area contributed by atoms with Crippen LogP contribution in [0.2, 0.25) is 0 Å². The fourth-order valence-electron chi connectivity index (χ4n) is 2.37. The average Bonchev–Trinajstić information content (AvgIpc) is 3.22. The quantitative estimate of drug-likeness (QED) is 0.438. The number of carbonyl (C=O) groups excluding carboxylic acids is 2. The molecule has 0 bridgehead atoms. The molecule has 1 N–H and O–H groups in total. The van der Waals surface area contributed by atoms with Gasteiger partial charge in [-0.2, -0.15) is 0 Å². The van der Waals surface area contributed by atoms with Gasteiger partial charge in [-0.15, -0.1) is 11.3 Å². The van der Waals surface area contributed by atoms with Gasteiger partial charge in [-0.05, 0) is 32.4 Å². The number of nitrogens with one attached hydrogen (secondary N) is 1. The Morgan fingerprint density at radius 2 is 2.00 bits per heavy atom. The molecule has 6 nitrogen and oxygen atoms in total. The van der Waals surface area contributed by atoms with E-state index in [1.807, 2.05) is 31.2 Å². The van der Waals surface area contributed by atoms with Crippen molar-refractivity contribution in [3.8, 4) is 0 Å². The van der Waals surface area contributed by atoms with Crippen LogP contribution in [0.3, 0.4) is 0 Å². The number of benzene rings is 1. The summed E-state index contributed by atoms with van der Waals surface area (Å²) in [5.74, 6) is -0.560. The molecule has 0 radical (unpaired) electrons. The van der Waals surface area contributed by atoms with Crippen LogP contribution in [0.4, 0.5) is 5.13 Å². The van der Waals surface area contributed by atoms with Crippen LogP contribution >= 0.6 is 34.4 Å². The molecule has 142 valence electrons. The van der Waals surface area contributed by atoms with Crippen molar-refractivity contribution in [1.29, 1.82) is 0 Å². The standard InChI is InChI=1S/C18H19N3O3S3/c1-4-12(25-18-20-11-8-6-7-9-13(11)26-18)15(22)21-17-19-10(3)14(27-17)16(23)24-5-2/h6-9,12H,4-5H2,1-3H3,(H,19,21,22)/t12-/m0/s1. The van der Waals surface area contributed by atoms with Gasteiger partial charge in [-0.25, -0.2) is 14.8 Å². The van der Waals surface area contributed by atoms with Gasteiger partial charge in [0.2, 0.25) is 5.91 Å². The Morgan fingerprint density at radius 3 is 2.70 bits per heavy atom. The van der Waals surface area contributed by atoms with Gasteiger partial charge in [0.25, 0.3) is 0 Å². The van der Waals surface area contributed by atoms with Crippen LogP contribution in [0.1, 0.15) is 35.6 Å². The van der Waals surface area contributed by atoms with E-state index in [4.69, 9.17) is 4.74 Å².